The van der Waals surface area contributed by atoms with Crippen molar-refractivity contribution in [2.24, 2.45) is 0 Å². The zero-order valence-corrected chi connectivity index (χ0v) is 15.3. The molecule has 0 spiro atoms. The molecule has 2 aromatic heterocycles. The van der Waals surface area contributed by atoms with Gasteiger partial charge in [0.25, 0.3) is 0 Å². The number of rotatable bonds is 4. The number of thiazole rings is 2. The van der Waals surface area contributed by atoms with E-state index in [4.69, 9.17) is 10.5 Å². The van der Waals surface area contributed by atoms with Crippen LogP contribution in [0.2, 0.25) is 0 Å². The van der Waals surface area contributed by atoms with E-state index < -0.39 is 0 Å². The highest BCUT2D eigenvalue weighted by molar-refractivity contribution is 8.93. The van der Waals surface area contributed by atoms with Gasteiger partial charge in [-0.1, -0.05) is 11.3 Å². The van der Waals surface area contributed by atoms with Crippen LogP contribution in [0.15, 0.2) is 29.6 Å². The summed E-state index contributed by atoms with van der Waals surface area (Å²) in [6.45, 7) is 1.94. The van der Waals surface area contributed by atoms with E-state index in [2.05, 4.69) is 15.3 Å². The molecule has 0 aliphatic carbocycles. The fourth-order valence-corrected chi connectivity index (χ4v) is 3.48. The van der Waals surface area contributed by atoms with Gasteiger partial charge >= 0.3 is 0 Å². The number of anilines is 3. The maximum Gasteiger partial charge on any atom is 0.187 e. The molecular weight excluding hydrogens is 384 g/mol. The molecule has 0 saturated heterocycles. The fraction of sp³-hybridized carbons (Fsp3) is 0.143. The number of hydrogen-bond donors (Lipinski definition) is 2. The highest BCUT2D eigenvalue weighted by Gasteiger charge is 2.11. The van der Waals surface area contributed by atoms with Crippen molar-refractivity contribution in [2.75, 3.05) is 18.2 Å². The topological polar surface area (TPSA) is 73.1 Å². The van der Waals surface area contributed by atoms with Crippen molar-refractivity contribution >= 4 is 55.6 Å². The zero-order valence-electron chi connectivity index (χ0n) is 12.0. The highest BCUT2D eigenvalue weighted by Crippen LogP contribution is 2.34. The van der Waals surface area contributed by atoms with Crippen molar-refractivity contribution in [2.45, 2.75) is 6.92 Å². The second-order valence-electron chi connectivity index (χ2n) is 4.36. The van der Waals surface area contributed by atoms with E-state index in [1.165, 1.54) is 11.3 Å². The number of methoxy groups -OCH3 is 1. The largest absolute Gasteiger partial charge is 0.497 e. The van der Waals surface area contributed by atoms with Gasteiger partial charge in [-0.2, -0.15) is 0 Å². The van der Waals surface area contributed by atoms with Gasteiger partial charge in [0.1, 0.15) is 5.75 Å². The van der Waals surface area contributed by atoms with Crippen LogP contribution in [-0.2, 0) is 0 Å². The van der Waals surface area contributed by atoms with Gasteiger partial charge < -0.3 is 15.8 Å². The summed E-state index contributed by atoms with van der Waals surface area (Å²) in [6, 6.07) is 7.72. The van der Waals surface area contributed by atoms with Crippen molar-refractivity contribution in [3.8, 4) is 16.3 Å². The maximum atomic E-state index is 5.73. The zero-order chi connectivity index (χ0) is 14.8. The van der Waals surface area contributed by atoms with Crippen molar-refractivity contribution in [1.29, 1.82) is 0 Å². The molecule has 3 aromatic rings. The first-order chi connectivity index (χ1) is 10.2. The van der Waals surface area contributed by atoms with Gasteiger partial charge in [-0.3, -0.25) is 0 Å². The Labute approximate surface area is 147 Å². The number of benzene rings is 1. The van der Waals surface area contributed by atoms with Crippen molar-refractivity contribution in [3.63, 3.8) is 0 Å². The summed E-state index contributed by atoms with van der Waals surface area (Å²) in [5.74, 6) is 0.830. The van der Waals surface area contributed by atoms with Crippen molar-refractivity contribution < 1.29 is 4.74 Å². The van der Waals surface area contributed by atoms with Crippen molar-refractivity contribution in [3.05, 3.63) is 35.3 Å². The average Bonchev–Trinajstić information content (AvgIpc) is 3.06. The molecular formula is C14H15BrN4OS2. The summed E-state index contributed by atoms with van der Waals surface area (Å²) in [5, 5.41) is 6.69. The van der Waals surface area contributed by atoms with Crippen LogP contribution >= 0.6 is 39.7 Å². The maximum absolute atomic E-state index is 5.73. The minimum atomic E-state index is 0. The number of ether oxygens (including phenoxy) is 1. The van der Waals surface area contributed by atoms with Gasteiger partial charge in [-0.05, 0) is 31.2 Å². The Morgan fingerprint density at radius 2 is 1.91 bits per heavy atom. The fourth-order valence-electron chi connectivity index (χ4n) is 1.89. The summed E-state index contributed by atoms with van der Waals surface area (Å²) in [5.41, 5.74) is 8.52. The molecule has 0 atom stereocenters. The number of aryl methyl sites for hydroxylation is 1. The molecule has 0 fully saturated rings. The van der Waals surface area contributed by atoms with E-state index in [0.29, 0.717) is 5.13 Å². The van der Waals surface area contributed by atoms with E-state index >= 15 is 0 Å². The Hall–Kier alpha value is -1.64. The monoisotopic (exact) mass is 398 g/mol. The Kier molecular flexibility index (Phi) is 5.38. The van der Waals surface area contributed by atoms with Gasteiger partial charge in [-0.15, -0.1) is 28.3 Å². The van der Waals surface area contributed by atoms with Gasteiger partial charge in [0.2, 0.25) is 0 Å². The number of nitrogens with two attached hydrogens (primary N) is 1. The molecule has 5 nitrogen and oxygen atoms in total. The van der Waals surface area contributed by atoms with Gasteiger partial charge in [0.15, 0.2) is 10.3 Å². The number of hydrogen-bond acceptors (Lipinski definition) is 7. The molecule has 0 unspecified atom stereocenters. The second kappa shape index (κ2) is 7.08. The summed E-state index contributed by atoms with van der Waals surface area (Å²) >= 11 is 3.01. The first kappa shape index (κ1) is 16.7. The average molecular weight is 399 g/mol. The lowest BCUT2D eigenvalue weighted by molar-refractivity contribution is 0.415. The smallest absolute Gasteiger partial charge is 0.187 e. The van der Waals surface area contributed by atoms with E-state index in [1.54, 1.807) is 18.4 Å². The molecule has 3 rings (SSSR count). The molecule has 0 amide bonds. The van der Waals surface area contributed by atoms with Crippen LogP contribution in [0.25, 0.3) is 10.6 Å². The molecule has 0 aliphatic heterocycles. The number of nitrogens with one attached hydrogen (secondary N) is 1. The lowest BCUT2D eigenvalue weighted by atomic mass is 10.3. The van der Waals surface area contributed by atoms with Crippen LogP contribution in [0, 0.1) is 6.92 Å². The third kappa shape index (κ3) is 3.57. The van der Waals surface area contributed by atoms with E-state index in [9.17, 15) is 0 Å². The van der Waals surface area contributed by atoms with Crippen LogP contribution in [0.1, 0.15) is 5.69 Å². The second-order valence-corrected chi connectivity index (χ2v) is 6.25. The SMILES string of the molecule is Br.COc1ccc(Nc2nc(-c3sc(N)nc3C)cs2)cc1. The Morgan fingerprint density at radius 1 is 1.18 bits per heavy atom. The first-order valence-electron chi connectivity index (χ1n) is 6.25. The van der Waals surface area contributed by atoms with Crippen LogP contribution in [0.5, 0.6) is 5.75 Å². The summed E-state index contributed by atoms with van der Waals surface area (Å²) < 4.78 is 5.14. The van der Waals surface area contributed by atoms with Gasteiger partial charge in [0, 0.05) is 11.1 Å². The predicted octanol–water partition coefficient (Wildman–Crippen LogP) is 4.49. The van der Waals surface area contributed by atoms with Crippen LogP contribution < -0.4 is 15.8 Å². The van der Waals surface area contributed by atoms with Crippen LogP contribution in [0.3, 0.4) is 0 Å². The molecule has 22 heavy (non-hydrogen) atoms. The molecule has 0 bridgehead atoms. The molecule has 0 aliphatic rings. The van der Waals surface area contributed by atoms with Crippen molar-refractivity contribution in [1.82, 2.24) is 9.97 Å². The number of halogens is 1. The van der Waals surface area contributed by atoms with E-state index in [-0.39, 0.29) is 17.0 Å². The van der Waals surface area contributed by atoms with Crippen LogP contribution in [0.4, 0.5) is 16.0 Å². The van der Waals surface area contributed by atoms with Crippen LogP contribution in [-0.4, -0.2) is 17.1 Å². The molecule has 0 radical (unpaired) electrons. The standard InChI is InChI=1S/C14H14N4OS2.BrH/c1-8-12(21-13(15)16-8)11-7-20-14(18-11)17-9-3-5-10(19-2)6-4-9;/h3-7H,1-2H3,(H2,15,16)(H,17,18);1H. The molecule has 116 valence electrons. The lowest BCUT2D eigenvalue weighted by Crippen LogP contribution is -1.90. The van der Waals surface area contributed by atoms with Gasteiger partial charge in [-0.25, -0.2) is 9.97 Å². The number of nitrogens with zero attached hydrogens (tertiary/aromatic N) is 2. The minimum absolute atomic E-state index is 0. The number of aromatic nitrogens is 2. The minimum Gasteiger partial charge on any atom is -0.497 e. The Balaban J connectivity index is 0.00000176. The molecule has 2 heterocycles. The van der Waals surface area contributed by atoms with Gasteiger partial charge in [0.05, 0.1) is 23.4 Å². The molecule has 3 N–H and O–H groups in total. The predicted molar refractivity (Wildman–Crippen MR) is 99.0 cm³/mol. The molecule has 8 heteroatoms. The summed E-state index contributed by atoms with van der Waals surface area (Å²) in [6.07, 6.45) is 0. The Bertz CT molecular complexity index is 755. The third-order valence-electron chi connectivity index (χ3n) is 2.89. The highest BCUT2D eigenvalue weighted by atomic mass is 79.9. The Morgan fingerprint density at radius 3 is 2.50 bits per heavy atom. The third-order valence-corrected chi connectivity index (χ3v) is 4.66. The first-order valence-corrected chi connectivity index (χ1v) is 7.95. The normalized spacial score (nSPS) is 10.1. The number of nitrogen functional groups attached to an aromatic ring is 1. The summed E-state index contributed by atoms with van der Waals surface area (Å²) in [4.78, 5) is 9.83. The van der Waals surface area contributed by atoms with E-state index in [1.807, 2.05) is 36.6 Å². The lowest BCUT2D eigenvalue weighted by Gasteiger charge is -2.03. The summed E-state index contributed by atoms with van der Waals surface area (Å²) in [7, 11) is 1.65. The quantitative estimate of drug-likeness (QED) is 0.677. The molecule has 0 saturated carbocycles. The molecule has 1 aromatic carbocycles. The van der Waals surface area contributed by atoms with E-state index in [0.717, 1.165) is 32.8 Å².